The fourth-order valence-electron chi connectivity index (χ4n) is 2.51. The van der Waals surface area contributed by atoms with E-state index in [-0.39, 0.29) is 0 Å². The van der Waals surface area contributed by atoms with Crippen LogP contribution in [0.4, 0.5) is 11.6 Å². The Morgan fingerprint density at radius 1 is 1.35 bits per heavy atom. The Hall–Kier alpha value is -1.70. The molecule has 0 unspecified atom stereocenters. The second kappa shape index (κ2) is 5.09. The fraction of sp³-hybridized carbons (Fsp3) is 0.667. The van der Waals surface area contributed by atoms with Gasteiger partial charge in [0.05, 0.1) is 6.04 Å². The number of hydrogen-bond acceptors (Lipinski definition) is 4. The van der Waals surface area contributed by atoms with Gasteiger partial charge in [-0.05, 0) is 12.8 Å². The molecule has 1 aliphatic rings. The number of rotatable bonds is 2. The monoisotopic (exact) mass is 233 g/mol. The van der Waals surface area contributed by atoms with Gasteiger partial charge in [-0.25, -0.2) is 4.68 Å². The number of nitrogens with one attached hydrogen (secondary N) is 1. The van der Waals surface area contributed by atoms with E-state index in [1.54, 1.807) is 7.05 Å². The highest BCUT2D eigenvalue weighted by Crippen LogP contribution is 2.31. The topological polar surface area (TPSA) is 79.7 Å². The van der Waals surface area contributed by atoms with E-state index in [0.29, 0.717) is 23.2 Å². The van der Waals surface area contributed by atoms with Crippen LogP contribution in [0.15, 0.2) is 0 Å². The molecule has 0 radical (unpaired) electrons. The first-order valence-corrected chi connectivity index (χ1v) is 6.23. The molecule has 0 amide bonds. The fourth-order valence-corrected chi connectivity index (χ4v) is 2.51. The molecule has 0 atom stereocenters. The van der Waals surface area contributed by atoms with E-state index in [2.05, 4.69) is 16.5 Å². The number of nitrogen functional groups attached to an aromatic ring is 1. The minimum Gasteiger partial charge on any atom is -0.383 e. The van der Waals surface area contributed by atoms with Gasteiger partial charge in [0, 0.05) is 7.05 Å². The maximum atomic E-state index is 9.07. The molecule has 1 aromatic rings. The lowest BCUT2D eigenvalue weighted by Crippen LogP contribution is -2.13. The van der Waals surface area contributed by atoms with Gasteiger partial charge in [-0.3, -0.25) is 0 Å². The average molecular weight is 233 g/mol. The largest absolute Gasteiger partial charge is 0.383 e. The molecule has 0 saturated heterocycles. The Morgan fingerprint density at radius 2 is 2.00 bits per heavy atom. The van der Waals surface area contributed by atoms with E-state index in [1.807, 2.05) is 4.68 Å². The standard InChI is InChI=1S/C12H19N5/c1-15-12-10(8-13)11(14)17(16-12)9-6-4-2-3-5-7-9/h9H,2-7,14H2,1H3,(H,15,16). The predicted molar refractivity (Wildman–Crippen MR) is 67.6 cm³/mol. The lowest BCUT2D eigenvalue weighted by atomic mass is 10.1. The van der Waals surface area contributed by atoms with Crippen LogP contribution < -0.4 is 11.1 Å². The van der Waals surface area contributed by atoms with Gasteiger partial charge in [-0.2, -0.15) is 10.4 Å². The van der Waals surface area contributed by atoms with Gasteiger partial charge in [-0.15, -0.1) is 0 Å². The Morgan fingerprint density at radius 3 is 2.47 bits per heavy atom. The van der Waals surface area contributed by atoms with Gasteiger partial charge in [0.1, 0.15) is 17.5 Å². The van der Waals surface area contributed by atoms with Crippen molar-refractivity contribution in [1.29, 1.82) is 5.26 Å². The molecule has 1 aromatic heterocycles. The molecule has 0 aromatic carbocycles. The summed E-state index contributed by atoms with van der Waals surface area (Å²) in [6, 6.07) is 2.47. The molecule has 3 N–H and O–H groups in total. The van der Waals surface area contributed by atoms with Crippen molar-refractivity contribution in [2.75, 3.05) is 18.1 Å². The lowest BCUT2D eigenvalue weighted by Gasteiger charge is -2.15. The van der Waals surface area contributed by atoms with Gasteiger partial charge in [0.2, 0.25) is 0 Å². The van der Waals surface area contributed by atoms with Gasteiger partial charge >= 0.3 is 0 Å². The first kappa shape index (κ1) is 11.8. The quantitative estimate of drug-likeness (QED) is 0.768. The summed E-state index contributed by atoms with van der Waals surface area (Å²) in [6.45, 7) is 0. The Bertz CT molecular complexity index is 421. The molecule has 92 valence electrons. The van der Waals surface area contributed by atoms with Crippen molar-refractivity contribution in [3.63, 3.8) is 0 Å². The minimum absolute atomic E-state index is 0.353. The Balaban J connectivity index is 2.31. The van der Waals surface area contributed by atoms with E-state index in [1.165, 1.54) is 25.7 Å². The summed E-state index contributed by atoms with van der Waals surface area (Å²) >= 11 is 0. The van der Waals surface area contributed by atoms with Crippen LogP contribution in [0.2, 0.25) is 0 Å². The third kappa shape index (κ3) is 2.21. The van der Waals surface area contributed by atoms with Crippen LogP contribution in [0.5, 0.6) is 0 Å². The minimum atomic E-state index is 0.353. The van der Waals surface area contributed by atoms with Gasteiger partial charge in [0.25, 0.3) is 0 Å². The van der Waals surface area contributed by atoms with Crippen LogP contribution >= 0.6 is 0 Å². The third-order valence-corrected chi connectivity index (χ3v) is 3.47. The first-order chi connectivity index (χ1) is 8.27. The van der Waals surface area contributed by atoms with Crippen molar-refractivity contribution < 1.29 is 0 Å². The highest BCUT2D eigenvalue weighted by molar-refractivity contribution is 5.63. The number of nitrogens with zero attached hydrogens (tertiary/aromatic N) is 3. The highest BCUT2D eigenvalue weighted by atomic mass is 15.4. The van der Waals surface area contributed by atoms with Gasteiger partial charge in [0.15, 0.2) is 5.82 Å². The summed E-state index contributed by atoms with van der Waals surface area (Å²) in [4.78, 5) is 0. The van der Waals surface area contributed by atoms with Crippen LogP contribution in [-0.4, -0.2) is 16.8 Å². The summed E-state index contributed by atoms with van der Waals surface area (Å²) in [7, 11) is 1.76. The molecule has 0 aliphatic heterocycles. The second-order valence-corrected chi connectivity index (χ2v) is 4.56. The maximum Gasteiger partial charge on any atom is 0.168 e. The van der Waals surface area contributed by atoms with E-state index >= 15 is 0 Å². The zero-order valence-electron chi connectivity index (χ0n) is 10.2. The molecule has 2 rings (SSSR count). The average Bonchev–Trinajstić information content (AvgIpc) is 2.55. The molecule has 17 heavy (non-hydrogen) atoms. The molecular formula is C12H19N5. The molecule has 1 saturated carbocycles. The Kier molecular flexibility index (Phi) is 3.52. The number of hydrogen-bond donors (Lipinski definition) is 2. The van der Waals surface area contributed by atoms with Gasteiger partial charge < -0.3 is 11.1 Å². The van der Waals surface area contributed by atoms with E-state index in [0.717, 1.165) is 12.8 Å². The third-order valence-electron chi connectivity index (χ3n) is 3.47. The molecule has 1 fully saturated rings. The number of aromatic nitrogens is 2. The highest BCUT2D eigenvalue weighted by Gasteiger charge is 2.21. The molecular weight excluding hydrogens is 214 g/mol. The van der Waals surface area contributed by atoms with Crippen LogP contribution in [0.1, 0.15) is 50.1 Å². The normalized spacial score (nSPS) is 17.4. The summed E-state index contributed by atoms with van der Waals surface area (Å²) in [6.07, 6.45) is 7.25. The zero-order valence-corrected chi connectivity index (χ0v) is 10.2. The number of anilines is 2. The van der Waals surface area contributed by atoms with Gasteiger partial charge in [-0.1, -0.05) is 25.7 Å². The molecule has 5 nitrogen and oxygen atoms in total. The van der Waals surface area contributed by atoms with Crippen LogP contribution in [0.25, 0.3) is 0 Å². The summed E-state index contributed by atoms with van der Waals surface area (Å²) in [5.74, 6) is 1.10. The van der Waals surface area contributed by atoms with E-state index in [9.17, 15) is 0 Å². The molecule has 1 aliphatic carbocycles. The number of nitriles is 1. The Labute approximate surface area is 102 Å². The predicted octanol–water partition coefficient (Wildman–Crippen LogP) is 2.27. The van der Waals surface area contributed by atoms with E-state index in [4.69, 9.17) is 11.0 Å². The maximum absolute atomic E-state index is 9.07. The van der Waals surface area contributed by atoms with Crippen molar-refractivity contribution in [3.05, 3.63) is 5.56 Å². The lowest BCUT2D eigenvalue weighted by molar-refractivity contribution is 0.412. The first-order valence-electron chi connectivity index (χ1n) is 6.23. The SMILES string of the molecule is CNc1nn(C2CCCCCC2)c(N)c1C#N. The second-order valence-electron chi connectivity index (χ2n) is 4.56. The smallest absolute Gasteiger partial charge is 0.168 e. The van der Waals surface area contributed by atoms with Crippen molar-refractivity contribution in [3.8, 4) is 6.07 Å². The summed E-state index contributed by atoms with van der Waals surface area (Å²) in [5, 5.41) is 16.4. The molecule has 0 spiro atoms. The molecule has 5 heteroatoms. The van der Waals surface area contributed by atoms with Crippen LogP contribution in [0, 0.1) is 11.3 Å². The summed E-state index contributed by atoms with van der Waals surface area (Å²) < 4.78 is 1.84. The molecule has 0 bridgehead atoms. The van der Waals surface area contributed by atoms with Crippen molar-refractivity contribution >= 4 is 11.6 Å². The van der Waals surface area contributed by atoms with E-state index < -0.39 is 0 Å². The van der Waals surface area contributed by atoms with Crippen molar-refractivity contribution in [2.45, 2.75) is 44.6 Å². The summed E-state index contributed by atoms with van der Waals surface area (Å²) in [5.41, 5.74) is 6.48. The van der Waals surface area contributed by atoms with Crippen LogP contribution in [-0.2, 0) is 0 Å². The van der Waals surface area contributed by atoms with Crippen molar-refractivity contribution in [1.82, 2.24) is 9.78 Å². The van der Waals surface area contributed by atoms with Crippen LogP contribution in [0.3, 0.4) is 0 Å². The molecule has 1 heterocycles. The van der Waals surface area contributed by atoms with Crippen molar-refractivity contribution in [2.24, 2.45) is 0 Å². The number of nitrogens with two attached hydrogens (primary N) is 1. The zero-order chi connectivity index (χ0) is 12.3.